The van der Waals surface area contributed by atoms with E-state index in [-0.39, 0.29) is 4.90 Å². The Morgan fingerprint density at radius 3 is 2.67 bits per heavy atom. The van der Waals surface area contributed by atoms with Crippen molar-refractivity contribution < 1.29 is 8.42 Å². The normalized spacial score (nSPS) is 12.3. The molecule has 0 atom stereocenters. The highest BCUT2D eigenvalue weighted by molar-refractivity contribution is 7.91. The Morgan fingerprint density at radius 2 is 2.00 bits per heavy atom. The summed E-state index contributed by atoms with van der Waals surface area (Å²) in [6.45, 7) is 1.89. The van der Waals surface area contributed by atoms with E-state index in [4.69, 9.17) is 0 Å². The van der Waals surface area contributed by atoms with Crippen molar-refractivity contribution in [1.82, 2.24) is 25.0 Å². The Balaban J connectivity index is 2.06. The smallest absolute Gasteiger partial charge is 0.176 e. The molecule has 0 bridgehead atoms. The van der Waals surface area contributed by atoms with Crippen molar-refractivity contribution >= 4 is 31.8 Å². The van der Waals surface area contributed by atoms with Gasteiger partial charge in [0.25, 0.3) is 0 Å². The van der Waals surface area contributed by atoms with Crippen LogP contribution in [-0.4, -0.2) is 39.6 Å². The zero-order valence-electron chi connectivity index (χ0n) is 13.4. The molecule has 0 aliphatic heterocycles. The average Bonchev–Trinajstić information content (AvgIpc) is 3.05. The van der Waals surface area contributed by atoms with E-state index in [1.165, 1.54) is 6.26 Å². The fraction of sp³-hybridized carbons (Fsp3) is 0.188. The number of aryl methyl sites for hydroxylation is 2. The molecule has 24 heavy (non-hydrogen) atoms. The summed E-state index contributed by atoms with van der Waals surface area (Å²) in [6, 6.07) is 7.13. The number of rotatable bonds is 2. The van der Waals surface area contributed by atoms with Crippen molar-refractivity contribution in [2.24, 2.45) is 7.05 Å². The van der Waals surface area contributed by atoms with Gasteiger partial charge in [0.2, 0.25) is 0 Å². The van der Waals surface area contributed by atoms with Gasteiger partial charge in [-0.3, -0.25) is 4.98 Å². The Labute approximate surface area is 138 Å². The van der Waals surface area contributed by atoms with Gasteiger partial charge in [-0.2, -0.15) is 0 Å². The molecule has 0 spiro atoms. The molecule has 122 valence electrons. The van der Waals surface area contributed by atoms with Crippen LogP contribution in [0.1, 0.15) is 5.69 Å². The van der Waals surface area contributed by atoms with Gasteiger partial charge in [-0.05, 0) is 25.1 Å². The van der Waals surface area contributed by atoms with Crippen molar-refractivity contribution in [3.63, 3.8) is 0 Å². The second-order valence-electron chi connectivity index (χ2n) is 5.84. The van der Waals surface area contributed by atoms with E-state index < -0.39 is 9.84 Å². The monoisotopic (exact) mass is 341 g/mol. The molecule has 0 aliphatic rings. The topological polar surface area (TPSA) is 93.5 Å². The molecule has 0 radical (unpaired) electrons. The molecule has 1 N–H and O–H groups in total. The number of benzene rings is 1. The van der Waals surface area contributed by atoms with Gasteiger partial charge in [-0.15, -0.1) is 5.10 Å². The highest BCUT2D eigenvalue weighted by atomic mass is 32.2. The molecule has 7 nitrogen and oxygen atoms in total. The summed E-state index contributed by atoms with van der Waals surface area (Å²) in [4.78, 5) is 8.05. The minimum Gasteiger partial charge on any atom is -0.353 e. The van der Waals surface area contributed by atoms with Crippen molar-refractivity contribution in [2.45, 2.75) is 11.8 Å². The van der Waals surface area contributed by atoms with E-state index >= 15 is 0 Å². The number of H-pyrrole nitrogens is 1. The fourth-order valence-electron chi connectivity index (χ4n) is 3.08. The van der Waals surface area contributed by atoms with E-state index in [0.717, 1.165) is 28.0 Å². The predicted octanol–water partition coefficient (Wildman–Crippen LogP) is 2.22. The molecule has 8 heteroatoms. The first kappa shape index (κ1) is 14.8. The Morgan fingerprint density at radius 1 is 1.21 bits per heavy atom. The van der Waals surface area contributed by atoms with Crippen molar-refractivity contribution in [1.29, 1.82) is 0 Å². The number of aromatic nitrogens is 5. The lowest BCUT2D eigenvalue weighted by molar-refractivity contribution is 0.603. The molecule has 3 aromatic heterocycles. The largest absolute Gasteiger partial charge is 0.353 e. The van der Waals surface area contributed by atoms with Gasteiger partial charge in [0.1, 0.15) is 0 Å². The number of sulfone groups is 1. The Bertz CT molecular complexity index is 1180. The molecule has 4 aromatic rings. The third-order valence-corrected chi connectivity index (χ3v) is 5.23. The minimum absolute atomic E-state index is 0.282. The maximum absolute atomic E-state index is 12.1. The number of aromatic amines is 1. The Kier molecular flexibility index (Phi) is 3.01. The van der Waals surface area contributed by atoms with Crippen LogP contribution in [0.3, 0.4) is 0 Å². The summed E-state index contributed by atoms with van der Waals surface area (Å²) in [7, 11) is -1.52. The molecule has 0 unspecified atom stereocenters. The SMILES string of the molecule is Cc1nnn(C)c1-c1cnc2c(c1)[nH]c1cccc(S(C)(=O)=O)c12. The lowest BCUT2D eigenvalue weighted by Gasteiger charge is -2.03. The number of pyridine rings is 1. The van der Waals surface area contributed by atoms with Gasteiger partial charge < -0.3 is 4.98 Å². The van der Waals surface area contributed by atoms with Crippen LogP contribution in [0.4, 0.5) is 0 Å². The van der Waals surface area contributed by atoms with Crippen molar-refractivity contribution in [2.75, 3.05) is 6.26 Å². The van der Waals surface area contributed by atoms with Crippen LogP contribution in [0.15, 0.2) is 35.4 Å². The zero-order chi connectivity index (χ0) is 17.1. The summed E-state index contributed by atoms with van der Waals surface area (Å²) in [5.41, 5.74) is 4.73. The second-order valence-corrected chi connectivity index (χ2v) is 7.83. The molecule has 0 saturated heterocycles. The zero-order valence-corrected chi connectivity index (χ0v) is 14.2. The predicted molar refractivity (Wildman–Crippen MR) is 91.4 cm³/mol. The standard InChI is InChI=1S/C16H15N5O2S/c1-9-16(21(2)20-19-9)10-7-12-15(17-8-10)14-11(18-12)5-4-6-13(14)24(3,22)23/h4-8,18H,1-3H3. The first-order chi connectivity index (χ1) is 11.4. The third-order valence-electron chi connectivity index (χ3n) is 4.09. The first-order valence-corrected chi connectivity index (χ1v) is 9.22. The van der Waals surface area contributed by atoms with Crippen LogP contribution in [0, 0.1) is 6.92 Å². The van der Waals surface area contributed by atoms with E-state index in [0.29, 0.717) is 10.9 Å². The fourth-order valence-corrected chi connectivity index (χ4v) is 3.98. The number of hydrogen-bond acceptors (Lipinski definition) is 5. The molecule has 3 heterocycles. The quantitative estimate of drug-likeness (QED) is 0.603. The lowest BCUT2D eigenvalue weighted by Crippen LogP contribution is -1.97. The molecule has 4 rings (SSSR count). The first-order valence-electron chi connectivity index (χ1n) is 7.33. The van der Waals surface area contributed by atoms with Crippen LogP contribution in [0.5, 0.6) is 0 Å². The van der Waals surface area contributed by atoms with Gasteiger partial charge >= 0.3 is 0 Å². The van der Waals surface area contributed by atoms with Crippen molar-refractivity contribution in [3.8, 4) is 11.3 Å². The van der Waals surface area contributed by atoms with E-state index in [9.17, 15) is 8.42 Å². The van der Waals surface area contributed by atoms with Gasteiger partial charge in [0.15, 0.2) is 9.84 Å². The molecular formula is C16H15N5O2S. The maximum Gasteiger partial charge on any atom is 0.176 e. The van der Waals surface area contributed by atoms with Crippen LogP contribution in [-0.2, 0) is 16.9 Å². The van der Waals surface area contributed by atoms with E-state index in [1.54, 1.807) is 23.0 Å². The number of fused-ring (bicyclic) bond motifs is 3. The van der Waals surface area contributed by atoms with Crippen LogP contribution >= 0.6 is 0 Å². The highest BCUT2D eigenvalue weighted by Crippen LogP contribution is 2.32. The summed E-state index contributed by atoms with van der Waals surface area (Å²) in [5.74, 6) is 0. The number of nitrogens with one attached hydrogen (secondary N) is 1. The van der Waals surface area contributed by atoms with Crippen LogP contribution in [0.25, 0.3) is 33.2 Å². The summed E-state index contributed by atoms with van der Waals surface area (Å²) >= 11 is 0. The third kappa shape index (κ3) is 2.10. The molecular weight excluding hydrogens is 326 g/mol. The molecule has 0 saturated carbocycles. The second kappa shape index (κ2) is 4.88. The molecule has 0 fully saturated rings. The van der Waals surface area contributed by atoms with Gasteiger partial charge in [-0.1, -0.05) is 11.3 Å². The van der Waals surface area contributed by atoms with E-state index in [2.05, 4.69) is 20.3 Å². The van der Waals surface area contributed by atoms with Crippen LogP contribution in [0.2, 0.25) is 0 Å². The van der Waals surface area contributed by atoms with Gasteiger partial charge in [0.05, 0.1) is 27.3 Å². The van der Waals surface area contributed by atoms with Gasteiger partial charge in [0, 0.05) is 36.0 Å². The molecule has 1 aromatic carbocycles. The minimum atomic E-state index is -3.34. The van der Waals surface area contributed by atoms with Gasteiger partial charge in [-0.25, -0.2) is 13.1 Å². The summed E-state index contributed by atoms with van der Waals surface area (Å²) in [5, 5.41) is 8.69. The van der Waals surface area contributed by atoms with Crippen LogP contribution < -0.4 is 0 Å². The number of nitrogens with zero attached hydrogens (tertiary/aromatic N) is 4. The highest BCUT2D eigenvalue weighted by Gasteiger charge is 2.18. The number of hydrogen-bond donors (Lipinski definition) is 1. The summed E-state index contributed by atoms with van der Waals surface area (Å²) in [6.07, 6.45) is 2.93. The molecule has 0 aliphatic carbocycles. The average molecular weight is 341 g/mol. The summed E-state index contributed by atoms with van der Waals surface area (Å²) < 4.78 is 25.8. The van der Waals surface area contributed by atoms with E-state index in [1.807, 2.05) is 26.1 Å². The molecule has 0 amide bonds. The van der Waals surface area contributed by atoms with Crippen molar-refractivity contribution in [3.05, 3.63) is 36.2 Å². The lowest BCUT2D eigenvalue weighted by atomic mass is 10.1. The maximum atomic E-state index is 12.1. The Hall–Kier alpha value is -2.74.